The van der Waals surface area contributed by atoms with Crippen LogP contribution in [0.5, 0.6) is 0 Å². The predicted octanol–water partition coefficient (Wildman–Crippen LogP) is 5.43. The Hall–Kier alpha value is -2.08. The summed E-state index contributed by atoms with van der Waals surface area (Å²) < 4.78 is 0. The highest BCUT2D eigenvalue weighted by Gasteiger charge is 2.07. The average molecular weight is 246 g/mol. The Kier molecular flexibility index (Phi) is 2.87. The first kappa shape index (κ1) is 12.0. The SMILES string of the molecule is Cc1cc(C)c(-c2ccc3ccccc3c2)c(C)c1. The smallest absolute Gasteiger partial charge is 0.0125 e. The molecule has 94 valence electrons. The van der Waals surface area contributed by atoms with Crippen LogP contribution in [0.25, 0.3) is 21.9 Å². The van der Waals surface area contributed by atoms with E-state index in [0.29, 0.717) is 0 Å². The summed E-state index contributed by atoms with van der Waals surface area (Å²) in [7, 11) is 0. The molecule has 0 atom stereocenters. The van der Waals surface area contributed by atoms with E-state index in [0.717, 1.165) is 0 Å². The summed E-state index contributed by atoms with van der Waals surface area (Å²) >= 11 is 0. The van der Waals surface area contributed by atoms with Crippen molar-refractivity contribution in [2.24, 2.45) is 0 Å². The quantitative estimate of drug-likeness (QED) is 0.537. The molecule has 3 rings (SSSR count). The van der Waals surface area contributed by atoms with Gasteiger partial charge in [0.1, 0.15) is 0 Å². The Morgan fingerprint density at radius 2 is 1.26 bits per heavy atom. The van der Waals surface area contributed by atoms with Gasteiger partial charge in [-0.1, -0.05) is 54.1 Å². The predicted molar refractivity (Wildman–Crippen MR) is 83.6 cm³/mol. The molecule has 0 aliphatic carbocycles. The van der Waals surface area contributed by atoms with Crippen LogP contribution in [0.3, 0.4) is 0 Å². The minimum Gasteiger partial charge on any atom is -0.0616 e. The highest BCUT2D eigenvalue weighted by atomic mass is 14.1. The Balaban J connectivity index is 2.25. The van der Waals surface area contributed by atoms with E-state index in [4.69, 9.17) is 0 Å². The highest BCUT2D eigenvalue weighted by Crippen LogP contribution is 2.30. The maximum absolute atomic E-state index is 2.29. The normalized spacial score (nSPS) is 10.9. The summed E-state index contributed by atoms with van der Waals surface area (Å²) in [5, 5.41) is 2.60. The summed E-state index contributed by atoms with van der Waals surface area (Å²) in [6.45, 7) is 6.55. The van der Waals surface area contributed by atoms with Gasteiger partial charge >= 0.3 is 0 Å². The number of hydrogen-bond donors (Lipinski definition) is 0. The summed E-state index contributed by atoms with van der Waals surface area (Å²) in [4.78, 5) is 0. The lowest BCUT2D eigenvalue weighted by Crippen LogP contribution is -1.90. The van der Waals surface area contributed by atoms with Crippen LogP contribution in [0, 0.1) is 20.8 Å². The molecule has 0 heterocycles. The Bertz CT molecular complexity index is 728. The molecule has 3 aromatic carbocycles. The van der Waals surface area contributed by atoms with E-state index >= 15 is 0 Å². The Morgan fingerprint density at radius 3 is 1.95 bits per heavy atom. The second-order valence-corrected chi connectivity index (χ2v) is 5.34. The maximum atomic E-state index is 2.29. The minimum atomic E-state index is 1.30. The van der Waals surface area contributed by atoms with Crippen molar-refractivity contribution >= 4 is 10.8 Å². The minimum absolute atomic E-state index is 1.30. The molecule has 0 aromatic heterocycles. The van der Waals surface area contributed by atoms with E-state index in [1.165, 1.54) is 38.6 Å². The molecule has 0 aliphatic rings. The molecule has 0 nitrogen and oxygen atoms in total. The van der Waals surface area contributed by atoms with Crippen molar-refractivity contribution in [2.45, 2.75) is 20.8 Å². The van der Waals surface area contributed by atoms with E-state index in [-0.39, 0.29) is 0 Å². The van der Waals surface area contributed by atoms with Crippen LogP contribution in [0.15, 0.2) is 54.6 Å². The molecular weight excluding hydrogens is 228 g/mol. The molecule has 0 unspecified atom stereocenters. The molecule has 3 aromatic rings. The van der Waals surface area contributed by atoms with Crippen LogP contribution in [0.4, 0.5) is 0 Å². The molecule has 0 spiro atoms. The lowest BCUT2D eigenvalue weighted by atomic mass is 9.92. The molecule has 0 heteroatoms. The van der Waals surface area contributed by atoms with E-state index in [2.05, 4.69) is 75.4 Å². The molecule has 0 bridgehead atoms. The van der Waals surface area contributed by atoms with Crippen LogP contribution in [-0.2, 0) is 0 Å². The molecule has 0 saturated carbocycles. The third kappa shape index (κ3) is 2.15. The monoisotopic (exact) mass is 246 g/mol. The largest absolute Gasteiger partial charge is 0.0616 e. The molecule has 19 heavy (non-hydrogen) atoms. The van der Waals surface area contributed by atoms with Crippen LogP contribution in [0.1, 0.15) is 16.7 Å². The van der Waals surface area contributed by atoms with Gasteiger partial charge in [0.25, 0.3) is 0 Å². The van der Waals surface area contributed by atoms with Gasteiger partial charge in [0.05, 0.1) is 0 Å². The summed E-state index contributed by atoms with van der Waals surface area (Å²) in [6, 6.07) is 19.8. The number of aryl methyl sites for hydroxylation is 3. The van der Waals surface area contributed by atoms with Crippen LogP contribution < -0.4 is 0 Å². The molecule has 0 saturated heterocycles. The number of benzene rings is 3. The van der Waals surface area contributed by atoms with Gasteiger partial charge in [0, 0.05) is 0 Å². The average Bonchev–Trinajstić information content (AvgIpc) is 2.37. The molecule has 0 amide bonds. The van der Waals surface area contributed by atoms with Crippen molar-refractivity contribution in [2.75, 3.05) is 0 Å². The van der Waals surface area contributed by atoms with E-state index in [1.807, 2.05) is 0 Å². The number of fused-ring (bicyclic) bond motifs is 1. The number of rotatable bonds is 1. The Morgan fingerprint density at radius 1 is 0.632 bits per heavy atom. The maximum Gasteiger partial charge on any atom is -0.0125 e. The number of hydrogen-bond acceptors (Lipinski definition) is 0. The summed E-state index contributed by atoms with van der Waals surface area (Å²) in [6.07, 6.45) is 0. The van der Waals surface area contributed by atoms with Crippen molar-refractivity contribution in [3.8, 4) is 11.1 Å². The van der Waals surface area contributed by atoms with Gasteiger partial charge in [-0.15, -0.1) is 0 Å². The van der Waals surface area contributed by atoms with Gasteiger partial charge < -0.3 is 0 Å². The second kappa shape index (κ2) is 4.55. The third-order valence-corrected chi connectivity index (χ3v) is 3.72. The van der Waals surface area contributed by atoms with E-state index < -0.39 is 0 Å². The zero-order valence-corrected chi connectivity index (χ0v) is 11.7. The molecule has 0 N–H and O–H groups in total. The van der Waals surface area contributed by atoms with Crippen LogP contribution in [-0.4, -0.2) is 0 Å². The van der Waals surface area contributed by atoms with E-state index in [9.17, 15) is 0 Å². The Labute approximate surface area is 114 Å². The first-order valence-corrected chi connectivity index (χ1v) is 6.72. The van der Waals surface area contributed by atoms with Crippen LogP contribution >= 0.6 is 0 Å². The molecule has 0 radical (unpaired) electrons. The van der Waals surface area contributed by atoms with Crippen molar-refractivity contribution in [1.82, 2.24) is 0 Å². The zero-order valence-electron chi connectivity index (χ0n) is 11.7. The van der Waals surface area contributed by atoms with E-state index in [1.54, 1.807) is 0 Å². The fourth-order valence-electron chi connectivity index (χ4n) is 2.98. The first-order valence-electron chi connectivity index (χ1n) is 6.72. The van der Waals surface area contributed by atoms with Gasteiger partial charge in [-0.2, -0.15) is 0 Å². The van der Waals surface area contributed by atoms with Gasteiger partial charge in [-0.05, 0) is 59.9 Å². The van der Waals surface area contributed by atoms with Gasteiger partial charge in [-0.25, -0.2) is 0 Å². The van der Waals surface area contributed by atoms with Crippen molar-refractivity contribution in [1.29, 1.82) is 0 Å². The van der Waals surface area contributed by atoms with Gasteiger partial charge in [-0.3, -0.25) is 0 Å². The van der Waals surface area contributed by atoms with Gasteiger partial charge in [0.2, 0.25) is 0 Å². The third-order valence-electron chi connectivity index (χ3n) is 3.72. The van der Waals surface area contributed by atoms with Crippen LogP contribution in [0.2, 0.25) is 0 Å². The standard InChI is InChI=1S/C19H18/c1-13-10-14(2)19(15(3)11-13)18-9-8-16-6-4-5-7-17(16)12-18/h4-12H,1-3H3. The van der Waals surface area contributed by atoms with Crippen molar-refractivity contribution < 1.29 is 0 Å². The molecular formula is C19H18. The first-order chi connectivity index (χ1) is 9.15. The fraction of sp³-hybridized carbons (Fsp3) is 0.158. The highest BCUT2D eigenvalue weighted by molar-refractivity contribution is 5.88. The zero-order chi connectivity index (χ0) is 13.4. The second-order valence-electron chi connectivity index (χ2n) is 5.34. The molecule has 0 fully saturated rings. The lowest BCUT2D eigenvalue weighted by molar-refractivity contribution is 1.32. The summed E-state index contributed by atoms with van der Waals surface area (Å²) in [5.41, 5.74) is 6.73. The van der Waals surface area contributed by atoms with Crippen molar-refractivity contribution in [3.05, 3.63) is 71.3 Å². The molecule has 0 aliphatic heterocycles. The van der Waals surface area contributed by atoms with Crippen molar-refractivity contribution in [3.63, 3.8) is 0 Å². The topological polar surface area (TPSA) is 0 Å². The summed E-state index contributed by atoms with van der Waals surface area (Å²) in [5.74, 6) is 0. The lowest BCUT2D eigenvalue weighted by Gasteiger charge is -2.12. The van der Waals surface area contributed by atoms with Gasteiger partial charge in [0.15, 0.2) is 0 Å². The fourth-order valence-corrected chi connectivity index (χ4v) is 2.98.